The van der Waals surface area contributed by atoms with Crippen molar-refractivity contribution >= 4 is 10.9 Å². The van der Waals surface area contributed by atoms with Crippen LogP contribution >= 0.6 is 0 Å². The van der Waals surface area contributed by atoms with Crippen LogP contribution in [0, 0.1) is 11.6 Å². The van der Waals surface area contributed by atoms with Crippen molar-refractivity contribution in [3.05, 3.63) is 77.5 Å². The first-order chi connectivity index (χ1) is 12.1. The third kappa shape index (κ3) is 3.13. The first kappa shape index (κ1) is 16.1. The van der Waals surface area contributed by atoms with Gasteiger partial charge >= 0.3 is 0 Å². The van der Waals surface area contributed by atoms with Gasteiger partial charge in [-0.05, 0) is 36.2 Å². The topological polar surface area (TPSA) is 36.4 Å². The zero-order valence-electron chi connectivity index (χ0n) is 13.6. The second-order valence-corrected chi connectivity index (χ2v) is 6.49. The number of hydrogen-bond donors (Lipinski definition) is 1. The molecule has 1 N–H and O–H groups in total. The predicted octanol–water partition coefficient (Wildman–Crippen LogP) is 3.82. The normalized spacial score (nSPS) is 21.1. The highest BCUT2D eigenvalue weighted by Gasteiger charge is 2.34. The fourth-order valence-electron chi connectivity index (χ4n) is 3.66. The number of hydrogen-bond acceptors (Lipinski definition) is 3. The molecule has 1 aliphatic rings. The SMILES string of the molecule is OC1CC(c2cc(F)ccc2F)N(Cc2cccc3cccnc23)C1. The zero-order valence-corrected chi connectivity index (χ0v) is 13.6. The van der Waals surface area contributed by atoms with E-state index in [9.17, 15) is 13.9 Å². The van der Waals surface area contributed by atoms with E-state index in [0.29, 0.717) is 25.1 Å². The largest absolute Gasteiger partial charge is 0.392 e. The van der Waals surface area contributed by atoms with Crippen molar-refractivity contribution in [2.24, 2.45) is 0 Å². The minimum atomic E-state index is -0.560. The Morgan fingerprint density at radius 1 is 1.12 bits per heavy atom. The Morgan fingerprint density at radius 2 is 1.96 bits per heavy atom. The third-order valence-corrected chi connectivity index (χ3v) is 4.79. The summed E-state index contributed by atoms with van der Waals surface area (Å²) in [7, 11) is 0. The van der Waals surface area contributed by atoms with Crippen LogP contribution in [0.15, 0.2) is 54.7 Å². The third-order valence-electron chi connectivity index (χ3n) is 4.79. The van der Waals surface area contributed by atoms with Crippen LogP contribution < -0.4 is 0 Å². The highest BCUT2D eigenvalue weighted by molar-refractivity contribution is 5.81. The van der Waals surface area contributed by atoms with Crippen LogP contribution in [-0.2, 0) is 6.54 Å². The Hall–Kier alpha value is -2.37. The van der Waals surface area contributed by atoms with Gasteiger partial charge in [-0.1, -0.05) is 24.3 Å². The number of fused-ring (bicyclic) bond motifs is 1. The summed E-state index contributed by atoms with van der Waals surface area (Å²) in [6, 6.07) is 13.0. The van der Waals surface area contributed by atoms with Gasteiger partial charge in [0, 0.05) is 36.3 Å². The minimum Gasteiger partial charge on any atom is -0.392 e. The lowest BCUT2D eigenvalue weighted by Crippen LogP contribution is -2.25. The Bertz CT molecular complexity index is 910. The number of nitrogens with zero attached hydrogens (tertiary/aromatic N) is 2. The summed E-state index contributed by atoms with van der Waals surface area (Å²) in [5.74, 6) is -0.911. The summed E-state index contributed by atoms with van der Waals surface area (Å²) in [5, 5.41) is 11.1. The van der Waals surface area contributed by atoms with Gasteiger partial charge in [-0.2, -0.15) is 0 Å². The summed E-state index contributed by atoms with van der Waals surface area (Å²) in [6.45, 7) is 0.940. The Balaban J connectivity index is 1.69. The molecule has 4 rings (SSSR count). The lowest BCUT2D eigenvalue weighted by Gasteiger charge is -2.25. The summed E-state index contributed by atoms with van der Waals surface area (Å²) in [6.07, 6.45) is 1.57. The van der Waals surface area contributed by atoms with Crippen LogP contribution in [0.1, 0.15) is 23.6 Å². The van der Waals surface area contributed by atoms with Crippen molar-refractivity contribution in [3.63, 3.8) is 0 Å². The van der Waals surface area contributed by atoms with Gasteiger partial charge in [0.25, 0.3) is 0 Å². The van der Waals surface area contributed by atoms with Gasteiger partial charge in [0.2, 0.25) is 0 Å². The number of pyridine rings is 1. The zero-order chi connectivity index (χ0) is 17.4. The van der Waals surface area contributed by atoms with Gasteiger partial charge in [0.15, 0.2) is 0 Å². The maximum absolute atomic E-state index is 14.2. The van der Waals surface area contributed by atoms with E-state index in [1.54, 1.807) is 6.20 Å². The molecule has 128 valence electrons. The molecule has 1 fully saturated rings. The van der Waals surface area contributed by atoms with Crippen LogP contribution in [0.25, 0.3) is 10.9 Å². The molecule has 2 aromatic carbocycles. The molecule has 0 radical (unpaired) electrons. The summed E-state index contributed by atoms with van der Waals surface area (Å²) in [4.78, 5) is 6.44. The van der Waals surface area contributed by atoms with Crippen molar-refractivity contribution in [2.75, 3.05) is 6.54 Å². The lowest BCUT2D eigenvalue weighted by molar-refractivity contribution is 0.172. The van der Waals surface area contributed by atoms with Crippen LogP contribution in [0.5, 0.6) is 0 Å². The molecule has 0 bridgehead atoms. The molecule has 1 aliphatic heterocycles. The van der Waals surface area contributed by atoms with Gasteiger partial charge in [0.05, 0.1) is 11.6 Å². The molecule has 3 aromatic rings. The molecule has 1 saturated heterocycles. The van der Waals surface area contributed by atoms with Crippen molar-refractivity contribution in [2.45, 2.75) is 25.1 Å². The van der Waals surface area contributed by atoms with Gasteiger partial charge in [0.1, 0.15) is 11.6 Å². The molecule has 25 heavy (non-hydrogen) atoms. The molecule has 0 spiro atoms. The molecule has 0 saturated carbocycles. The Labute approximate surface area is 144 Å². The quantitative estimate of drug-likeness (QED) is 0.787. The molecular formula is C20H18F2N2O. The van der Waals surface area contributed by atoms with Crippen LogP contribution in [-0.4, -0.2) is 27.6 Å². The Kier molecular flexibility index (Phi) is 4.19. The average molecular weight is 340 g/mol. The number of aromatic nitrogens is 1. The molecule has 0 aliphatic carbocycles. The number of likely N-dealkylation sites (tertiary alicyclic amines) is 1. The first-order valence-electron chi connectivity index (χ1n) is 8.31. The highest BCUT2D eigenvalue weighted by atomic mass is 19.1. The number of halogens is 2. The van der Waals surface area contributed by atoms with E-state index in [-0.39, 0.29) is 6.04 Å². The highest BCUT2D eigenvalue weighted by Crippen LogP contribution is 2.35. The Morgan fingerprint density at radius 3 is 2.84 bits per heavy atom. The standard InChI is InChI=1S/C20H18F2N2O/c21-15-6-7-18(22)17(9-15)19-10-16(25)12-24(19)11-14-4-1-3-13-5-2-8-23-20(13)14/h1-9,16,19,25H,10-12H2. The fourth-order valence-corrected chi connectivity index (χ4v) is 3.66. The van der Waals surface area contributed by atoms with E-state index in [4.69, 9.17) is 0 Å². The number of aliphatic hydroxyl groups is 1. The number of benzene rings is 2. The summed E-state index contributed by atoms with van der Waals surface area (Å²) >= 11 is 0. The molecule has 1 aromatic heterocycles. The molecule has 2 heterocycles. The number of β-amino-alcohol motifs (C(OH)–C–C–N with tert-alkyl or cyclic N) is 1. The number of rotatable bonds is 3. The molecule has 5 heteroatoms. The van der Waals surface area contributed by atoms with Gasteiger partial charge in [-0.15, -0.1) is 0 Å². The van der Waals surface area contributed by atoms with E-state index in [1.165, 1.54) is 6.07 Å². The first-order valence-corrected chi connectivity index (χ1v) is 8.31. The molecule has 0 amide bonds. The minimum absolute atomic E-state index is 0.296. The number of aliphatic hydroxyl groups excluding tert-OH is 1. The molecule has 2 atom stereocenters. The van der Waals surface area contributed by atoms with Crippen molar-refractivity contribution in [1.29, 1.82) is 0 Å². The predicted molar refractivity (Wildman–Crippen MR) is 91.9 cm³/mol. The summed E-state index contributed by atoms with van der Waals surface area (Å²) in [5.41, 5.74) is 2.20. The maximum atomic E-state index is 14.2. The van der Waals surface area contributed by atoms with Gasteiger partial charge in [-0.25, -0.2) is 8.78 Å². The van der Waals surface area contributed by atoms with Crippen LogP contribution in [0.3, 0.4) is 0 Å². The van der Waals surface area contributed by atoms with E-state index >= 15 is 0 Å². The molecule has 3 nitrogen and oxygen atoms in total. The van der Waals surface area contributed by atoms with E-state index in [1.807, 2.05) is 35.2 Å². The van der Waals surface area contributed by atoms with E-state index in [0.717, 1.165) is 28.6 Å². The van der Waals surface area contributed by atoms with E-state index in [2.05, 4.69) is 4.98 Å². The van der Waals surface area contributed by atoms with Crippen LogP contribution in [0.2, 0.25) is 0 Å². The van der Waals surface area contributed by atoms with Gasteiger partial charge < -0.3 is 5.11 Å². The van der Waals surface area contributed by atoms with Crippen molar-refractivity contribution in [3.8, 4) is 0 Å². The number of para-hydroxylation sites is 1. The van der Waals surface area contributed by atoms with Crippen molar-refractivity contribution in [1.82, 2.24) is 9.88 Å². The van der Waals surface area contributed by atoms with Crippen molar-refractivity contribution < 1.29 is 13.9 Å². The molecule has 2 unspecified atom stereocenters. The lowest BCUT2D eigenvalue weighted by atomic mass is 10.0. The van der Waals surface area contributed by atoms with E-state index < -0.39 is 17.7 Å². The molecular weight excluding hydrogens is 322 g/mol. The monoisotopic (exact) mass is 340 g/mol. The fraction of sp³-hybridized carbons (Fsp3) is 0.250. The second-order valence-electron chi connectivity index (χ2n) is 6.49. The summed E-state index contributed by atoms with van der Waals surface area (Å²) < 4.78 is 27.8. The maximum Gasteiger partial charge on any atom is 0.128 e. The van der Waals surface area contributed by atoms with Crippen LogP contribution in [0.4, 0.5) is 8.78 Å². The second kappa shape index (κ2) is 6.50. The van der Waals surface area contributed by atoms with Gasteiger partial charge in [-0.3, -0.25) is 9.88 Å². The smallest absolute Gasteiger partial charge is 0.128 e. The average Bonchev–Trinajstić information content (AvgIpc) is 2.97.